The summed E-state index contributed by atoms with van der Waals surface area (Å²) in [4.78, 5) is 7.14. The minimum Gasteiger partial charge on any atom is -0.330 e. The van der Waals surface area contributed by atoms with Crippen LogP contribution in [0.4, 0.5) is 0 Å². The Kier molecular flexibility index (Phi) is 4.03. The molecule has 20 heavy (non-hydrogen) atoms. The monoisotopic (exact) mass is 272 g/mol. The van der Waals surface area contributed by atoms with Crippen LogP contribution in [0.2, 0.25) is 0 Å². The molecule has 2 aromatic rings. The second-order valence-corrected chi connectivity index (χ2v) is 5.98. The van der Waals surface area contributed by atoms with Crippen molar-refractivity contribution in [2.24, 2.45) is 13.0 Å². The number of hydrogen-bond donors (Lipinski definition) is 1. The summed E-state index contributed by atoms with van der Waals surface area (Å²) in [5.41, 5.74) is 2.30. The van der Waals surface area contributed by atoms with Gasteiger partial charge in [-0.05, 0) is 51.0 Å². The Morgan fingerprint density at radius 3 is 2.95 bits per heavy atom. The van der Waals surface area contributed by atoms with Crippen LogP contribution in [0, 0.1) is 5.92 Å². The third-order valence-corrected chi connectivity index (χ3v) is 4.32. The van der Waals surface area contributed by atoms with Gasteiger partial charge in [0.05, 0.1) is 17.6 Å². The molecule has 0 saturated carbocycles. The van der Waals surface area contributed by atoms with Crippen LogP contribution >= 0.6 is 0 Å². The Hall–Kier alpha value is -1.39. The molecule has 4 nitrogen and oxygen atoms in total. The summed E-state index contributed by atoms with van der Waals surface area (Å²) in [7, 11) is 4.32. The molecular formula is C16H24N4. The van der Waals surface area contributed by atoms with Gasteiger partial charge in [0.1, 0.15) is 5.82 Å². The summed E-state index contributed by atoms with van der Waals surface area (Å²) in [6.45, 7) is 4.41. The summed E-state index contributed by atoms with van der Waals surface area (Å²) in [6, 6.07) is 8.32. The highest BCUT2D eigenvalue weighted by Crippen LogP contribution is 2.16. The van der Waals surface area contributed by atoms with Crippen LogP contribution in [0.5, 0.6) is 0 Å². The molecule has 0 spiro atoms. The van der Waals surface area contributed by atoms with Crippen LogP contribution in [0.15, 0.2) is 24.3 Å². The summed E-state index contributed by atoms with van der Waals surface area (Å²) in [5.74, 6) is 1.90. The molecule has 1 aliphatic heterocycles. The molecule has 1 aromatic carbocycles. The van der Waals surface area contributed by atoms with Gasteiger partial charge in [0, 0.05) is 13.6 Å². The fourth-order valence-corrected chi connectivity index (χ4v) is 3.18. The molecule has 0 bridgehead atoms. The zero-order valence-electron chi connectivity index (χ0n) is 12.5. The van der Waals surface area contributed by atoms with Gasteiger partial charge in [-0.1, -0.05) is 12.1 Å². The fraction of sp³-hybridized carbons (Fsp3) is 0.562. The lowest BCUT2D eigenvalue weighted by molar-refractivity contribution is 0.206. The average Bonchev–Trinajstić information content (AvgIpc) is 2.76. The molecule has 1 fully saturated rings. The van der Waals surface area contributed by atoms with Crippen LogP contribution in [-0.2, 0) is 13.6 Å². The maximum absolute atomic E-state index is 4.70. The summed E-state index contributed by atoms with van der Waals surface area (Å²) >= 11 is 0. The number of nitrogens with zero attached hydrogens (tertiary/aromatic N) is 3. The Morgan fingerprint density at radius 2 is 2.15 bits per heavy atom. The molecule has 1 unspecified atom stereocenters. The zero-order chi connectivity index (χ0) is 13.9. The number of aromatic nitrogens is 2. The van der Waals surface area contributed by atoms with Gasteiger partial charge < -0.3 is 14.8 Å². The van der Waals surface area contributed by atoms with E-state index in [0.29, 0.717) is 0 Å². The van der Waals surface area contributed by atoms with E-state index < -0.39 is 0 Å². The van der Waals surface area contributed by atoms with E-state index in [9.17, 15) is 0 Å². The van der Waals surface area contributed by atoms with Crippen LogP contribution in [0.1, 0.15) is 18.7 Å². The molecular weight excluding hydrogens is 248 g/mol. The first-order valence-electron chi connectivity index (χ1n) is 7.53. The minimum absolute atomic E-state index is 0.781. The van der Waals surface area contributed by atoms with E-state index in [1.54, 1.807) is 0 Å². The first-order chi connectivity index (χ1) is 9.74. The minimum atomic E-state index is 0.781. The van der Waals surface area contributed by atoms with Gasteiger partial charge in [-0.2, -0.15) is 0 Å². The van der Waals surface area contributed by atoms with Gasteiger partial charge in [0.2, 0.25) is 0 Å². The first kappa shape index (κ1) is 13.6. The van der Waals surface area contributed by atoms with Crippen LogP contribution in [0.3, 0.4) is 0 Å². The zero-order valence-corrected chi connectivity index (χ0v) is 12.5. The maximum Gasteiger partial charge on any atom is 0.123 e. The SMILES string of the molecule is CN1CCCC(CNCc2nc3ccccc3n2C)C1. The molecule has 1 N–H and O–H groups in total. The predicted octanol–water partition coefficient (Wildman–Crippen LogP) is 2.00. The van der Waals surface area contributed by atoms with E-state index in [1.165, 1.54) is 31.4 Å². The molecule has 1 aliphatic rings. The van der Waals surface area contributed by atoms with Crippen molar-refractivity contribution in [2.75, 3.05) is 26.7 Å². The average molecular weight is 272 g/mol. The topological polar surface area (TPSA) is 33.1 Å². The van der Waals surface area contributed by atoms with E-state index in [4.69, 9.17) is 4.98 Å². The summed E-state index contributed by atoms with van der Waals surface area (Å²) in [5, 5.41) is 3.58. The van der Waals surface area contributed by atoms with Gasteiger partial charge >= 0.3 is 0 Å². The normalized spacial score (nSPS) is 20.6. The fourth-order valence-electron chi connectivity index (χ4n) is 3.18. The molecule has 2 heterocycles. The number of piperidine rings is 1. The molecule has 4 heteroatoms. The van der Waals surface area contributed by atoms with Gasteiger partial charge in [-0.15, -0.1) is 0 Å². The van der Waals surface area contributed by atoms with Gasteiger partial charge in [-0.25, -0.2) is 4.98 Å². The number of para-hydroxylation sites is 2. The van der Waals surface area contributed by atoms with Crippen molar-refractivity contribution in [2.45, 2.75) is 19.4 Å². The van der Waals surface area contributed by atoms with E-state index in [-0.39, 0.29) is 0 Å². The van der Waals surface area contributed by atoms with Crippen molar-refractivity contribution in [3.8, 4) is 0 Å². The number of fused-ring (bicyclic) bond motifs is 1. The van der Waals surface area contributed by atoms with E-state index in [0.717, 1.165) is 30.3 Å². The van der Waals surface area contributed by atoms with E-state index in [1.807, 2.05) is 6.07 Å². The summed E-state index contributed by atoms with van der Waals surface area (Å²) in [6.07, 6.45) is 2.68. The molecule has 0 radical (unpaired) electrons. The molecule has 1 atom stereocenters. The highest BCUT2D eigenvalue weighted by atomic mass is 15.1. The number of rotatable bonds is 4. The number of benzene rings is 1. The van der Waals surface area contributed by atoms with Crippen molar-refractivity contribution < 1.29 is 0 Å². The predicted molar refractivity (Wildman–Crippen MR) is 82.6 cm³/mol. The van der Waals surface area contributed by atoms with Gasteiger partial charge in [0.15, 0.2) is 0 Å². The number of imidazole rings is 1. The first-order valence-corrected chi connectivity index (χ1v) is 7.53. The molecule has 0 amide bonds. The lowest BCUT2D eigenvalue weighted by Gasteiger charge is -2.29. The third kappa shape index (κ3) is 2.86. The number of nitrogens with one attached hydrogen (secondary N) is 1. The number of hydrogen-bond acceptors (Lipinski definition) is 3. The quantitative estimate of drug-likeness (QED) is 0.924. The summed E-state index contributed by atoms with van der Waals surface area (Å²) < 4.78 is 2.19. The van der Waals surface area contributed by atoms with Crippen LogP contribution < -0.4 is 5.32 Å². The molecule has 0 aliphatic carbocycles. The van der Waals surface area contributed by atoms with Crippen LogP contribution in [-0.4, -0.2) is 41.1 Å². The second-order valence-electron chi connectivity index (χ2n) is 5.98. The Bertz CT molecular complexity index is 575. The maximum atomic E-state index is 4.70. The molecule has 1 saturated heterocycles. The number of likely N-dealkylation sites (tertiary alicyclic amines) is 1. The van der Waals surface area contributed by atoms with E-state index in [2.05, 4.69) is 47.1 Å². The lowest BCUT2D eigenvalue weighted by Crippen LogP contribution is -2.37. The Balaban J connectivity index is 1.58. The van der Waals surface area contributed by atoms with Crippen molar-refractivity contribution in [1.29, 1.82) is 0 Å². The highest BCUT2D eigenvalue weighted by molar-refractivity contribution is 5.75. The molecule has 3 rings (SSSR count). The van der Waals surface area contributed by atoms with Gasteiger partial charge in [-0.3, -0.25) is 0 Å². The van der Waals surface area contributed by atoms with Crippen LogP contribution in [0.25, 0.3) is 11.0 Å². The van der Waals surface area contributed by atoms with E-state index >= 15 is 0 Å². The van der Waals surface area contributed by atoms with Crippen molar-refractivity contribution in [1.82, 2.24) is 19.8 Å². The van der Waals surface area contributed by atoms with Crippen molar-refractivity contribution in [3.05, 3.63) is 30.1 Å². The third-order valence-electron chi connectivity index (χ3n) is 4.32. The largest absolute Gasteiger partial charge is 0.330 e. The smallest absolute Gasteiger partial charge is 0.123 e. The van der Waals surface area contributed by atoms with Crippen molar-refractivity contribution in [3.63, 3.8) is 0 Å². The lowest BCUT2D eigenvalue weighted by atomic mass is 9.98. The Morgan fingerprint density at radius 1 is 1.30 bits per heavy atom. The standard InChI is InChI=1S/C16H24N4/c1-19-9-5-6-13(12-19)10-17-11-16-18-14-7-3-4-8-15(14)20(16)2/h3-4,7-8,13,17H,5-6,9-12H2,1-2H3. The van der Waals surface area contributed by atoms with Gasteiger partial charge in [0.25, 0.3) is 0 Å². The molecule has 1 aromatic heterocycles. The Labute approximate surface area is 120 Å². The second kappa shape index (κ2) is 5.94. The van der Waals surface area contributed by atoms with Crippen molar-refractivity contribution >= 4 is 11.0 Å². The highest BCUT2D eigenvalue weighted by Gasteiger charge is 2.16. The number of aryl methyl sites for hydroxylation is 1. The molecule has 108 valence electrons.